The minimum absolute atomic E-state index is 0.415. The van der Waals surface area contributed by atoms with Crippen molar-refractivity contribution in [3.8, 4) is 11.4 Å². The molecule has 0 unspecified atom stereocenters. The van der Waals surface area contributed by atoms with Gasteiger partial charge in [-0.25, -0.2) is 9.97 Å². The minimum Gasteiger partial charge on any atom is -0.236 e. The summed E-state index contributed by atoms with van der Waals surface area (Å²) in [4.78, 5) is 9.01. The fourth-order valence-electron chi connectivity index (χ4n) is 4.05. The summed E-state index contributed by atoms with van der Waals surface area (Å²) in [5, 5.41) is 0. The second kappa shape index (κ2) is 7.25. The number of rotatable bonds is 5. The molecule has 122 valence electrons. The first kappa shape index (κ1) is 16.2. The number of hydrogen-bond donors (Lipinski definition) is 0. The van der Waals surface area contributed by atoms with Crippen LogP contribution in [0, 0.1) is 0 Å². The molecule has 2 aromatic rings. The molecule has 0 bridgehead atoms. The van der Waals surface area contributed by atoms with E-state index in [0.29, 0.717) is 5.41 Å². The Labute approximate surface area is 140 Å². The Hall–Kier alpha value is -1.70. The number of benzene rings is 1. The van der Waals surface area contributed by atoms with Gasteiger partial charge >= 0.3 is 0 Å². The molecule has 2 nitrogen and oxygen atoms in total. The summed E-state index contributed by atoms with van der Waals surface area (Å²) in [5.74, 6) is 0.835. The quantitative estimate of drug-likeness (QED) is 0.707. The van der Waals surface area contributed by atoms with Crippen LogP contribution in [0.3, 0.4) is 0 Å². The van der Waals surface area contributed by atoms with Crippen LogP contribution < -0.4 is 0 Å². The summed E-state index contributed by atoms with van der Waals surface area (Å²) in [5.41, 5.74) is 4.25. The van der Waals surface area contributed by atoms with Crippen LogP contribution in [0.15, 0.2) is 36.7 Å². The summed E-state index contributed by atoms with van der Waals surface area (Å²) in [6, 6.07) is 9.07. The highest BCUT2D eigenvalue weighted by atomic mass is 14.9. The van der Waals surface area contributed by atoms with Gasteiger partial charge in [0.2, 0.25) is 0 Å². The van der Waals surface area contributed by atoms with Crippen LogP contribution in [0.5, 0.6) is 0 Å². The van der Waals surface area contributed by atoms with Crippen molar-refractivity contribution < 1.29 is 0 Å². The van der Waals surface area contributed by atoms with Crippen LogP contribution in [0.4, 0.5) is 0 Å². The fraction of sp³-hybridized carbons (Fsp3) is 0.524. The molecule has 3 rings (SSSR count). The van der Waals surface area contributed by atoms with Crippen molar-refractivity contribution in [2.24, 2.45) is 0 Å². The molecule has 1 fully saturated rings. The molecule has 0 aliphatic heterocycles. The average molecular weight is 308 g/mol. The van der Waals surface area contributed by atoms with Crippen molar-refractivity contribution in [2.75, 3.05) is 0 Å². The topological polar surface area (TPSA) is 25.8 Å². The van der Waals surface area contributed by atoms with E-state index in [1.54, 1.807) is 0 Å². The molecule has 2 heteroatoms. The zero-order valence-electron chi connectivity index (χ0n) is 14.5. The van der Waals surface area contributed by atoms with Crippen LogP contribution >= 0.6 is 0 Å². The molecule has 1 heterocycles. The van der Waals surface area contributed by atoms with E-state index >= 15 is 0 Å². The molecule has 1 aliphatic rings. The first-order valence-corrected chi connectivity index (χ1v) is 9.19. The maximum Gasteiger partial charge on any atom is 0.159 e. The Balaban J connectivity index is 1.85. The van der Waals surface area contributed by atoms with E-state index in [2.05, 4.69) is 48.1 Å². The van der Waals surface area contributed by atoms with Crippen molar-refractivity contribution in [1.29, 1.82) is 0 Å². The smallest absolute Gasteiger partial charge is 0.159 e. The van der Waals surface area contributed by atoms with E-state index in [0.717, 1.165) is 17.8 Å². The Bertz CT molecular complexity index is 602. The van der Waals surface area contributed by atoms with Gasteiger partial charge in [-0.05, 0) is 42.2 Å². The van der Waals surface area contributed by atoms with E-state index in [1.807, 2.05) is 12.4 Å². The van der Waals surface area contributed by atoms with Gasteiger partial charge < -0.3 is 0 Å². The van der Waals surface area contributed by atoms with Crippen molar-refractivity contribution in [2.45, 2.75) is 70.6 Å². The lowest BCUT2D eigenvalue weighted by Crippen LogP contribution is -2.28. The highest BCUT2D eigenvalue weighted by molar-refractivity contribution is 5.55. The lowest BCUT2D eigenvalue weighted by Gasteiger charge is -2.38. The van der Waals surface area contributed by atoms with E-state index in [4.69, 9.17) is 0 Å². The van der Waals surface area contributed by atoms with Crippen molar-refractivity contribution in [3.05, 3.63) is 47.8 Å². The predicted molar refractivity (Wildman–Crippen MR) is 96.5 cm³/mol. The average Bonchev–Trinajstić information content (AvgIpc) is 2.63. The van der Waals surface area contributed by atoms with Gasteiger partial charge in [0, 0.05) is 18.0 Å². The second-order valence-electron chi connectivity index (χ2n) is 6.94. The number of aromatic nitrogens is 2. The lowest BCUT2D eigenvalue weighted by molar-refractivity contribution is 0.271. The molecule has 0 N–H and O–H groups in total. The molecular weight excluding hydrogens is 280 g/mol. The fourth-order valence-corrected chi connectivity index (χ4v) is 4.05. The Morgan fingerprint density at radius 1 is 0.913 bits per heavy atom. The zero-order chi connectivity index (χ0) is 16.1. The Kier molecular flexibility index (Phi) is 5.09. The van der Waals surface area contributed by atoms with E-state index in [1.165, 1.54) is 56.1 Å². The van der Waals surface area contributed by atoms with E-state index in [-0.39, 0.29) is 0 Å². The van der Waals surface area contributed by atoms with Crippen LogP contribution in [-0.2, 0) is 11.8 Å². The first-order chi connectivity index (χ1) is 11.3. The molecule has 0 saturated heterocycles. The lowest BCUT2D eigenvalue weighted by atomic mass is 9.67. The highest BCUT2D eigenvalue weighted by Gasteiger charge is 2.32. The zero-order valence-corrected chi connectivity index (χ0v) is 14.5. The number of hydrogen-bond acceptors (Lipinski definition) is 2. The first-order valence-electron chi connectivity index (χ1n) is 9.19. The normalized spacial score (nSPS) is 17.1. The molecular formula is C21H28N2. The van der Waals surface area contributed by atoms with Gasteiger partial charge in [0.05, 0.1) is 0 Å². The highest BCUT2D eigenvalue weighted by Crippen LogP contribution is 2.43. The Morgan fingerprint density at radius 3 is 2.13 bits per heavy atom. The van der Waals surface area contributed by atoms with Gasteiger partial charge in [-0.15, -0.1) is 0 Å². The summed E-state index contributed by atoms with van der Waals surface area (Å²) in [6.45, 7) is 4.44. The van der Waals surface area contributed by atoms with Gasteiger partial charge in [-0.2, -0.15) is 0 Å². The van der Waals surface area contributed by atoms with Crippen LogP contribution in [-0.4, -0.2) is 9.97 Å². The molecule has 0 atom stereocenters. The summed E-state index contributed by atoms with van der Waals surface area (Å²) in [6.07, 6.45) is 14.3. The minimum atomic E-state index is 0.415. The van der Waals surface area contributed by atoms with Crippen LogP contribution in [0.1, 0.15) is 69.9 Å². The number of nitrogens with zero attached hydrogens (tertiary/aromatic N) is 2. The largest absolute Gasteiger partial charge is 0.236 e. The standard InChI is InChI=1S/C21H28N2/c1-3-12-21(13-6-5-7-14-21)19-10-8-18(9-11-19)20-22-15-17(4-2)16-23-20/h8-11,15-16H,3-7,12-14H2,1-2H3. The molecule has 0 spiro atoms. The third kappa shape index (κ3) is 3.46. The molecule has 1 aliphatic carbocycles. The summed E-state index contributed by atoms with van der Waals surface area (Å²) >= 11 is 0. The number of aryl methyl sites for hydroxylation is 1. The van der Waals surface area contributed by atoms with Gasteiger partial charge in [-0.3, -0.25) is 0 Å². The van der Waals surface area contributed by atoms with Gasteiger partial charge in [-0.1, -0.05) is 63.8 Å². The molecule has 1 saturated carbocycles. The third-order valence-corrected chi connectivity index (χ3v) is 5.41. The molecule has 0 amide bonds. The van der Waals surface area contributed by atoms with Crippen molar-refractivity contribution in [3.63, 3.8) is 0 Å². The molecule has 1 aromatic heterocycles. The van der Waals surface area contributed by atoms with Crippen molar-refractivity contribution >= 4 is 0 Å². The summed E-state index contributed by atoms with van der Waals surface area (Å²) < 4.78 is 0. The second-order valence-corrected chi connectivity index (χ2v) is 6.94. The van der Waals surface area contributed by atoms with Gasteiger partial charge in [0.25, 0.3) is 0 Å². The maximum atomic E-state index is 4.50. The molecule has 0 radical (unpaired) electrons. The third-order valence-electron chi connectivity index (χ3n) is 5.41. The molecule has 23 heavy (non-hydrogen) atoms. The van der Waals surface area contributed by atoms with Gasteiger partial charge in [0.15, 0.2) is 5.82 Å². The maximum absolute atomic E-state index is 4.50. The Morgan fingerprint density at radius 2 is 1.57 bits per heavy atom. The van der Waals surface area contributed by atoms with Gasteiger partial charge in [0.1, 0.15) is 0 Å². The SMILES string of the molecule is CCCC1(c2ccc(-c3ncc(CC)cn3)cc2)CCCCC1. The predicted octanol–water partition coefficient (Wildman–Crippen LogP) is 5.71. The van der Waals surface area contributed by atoms with E-state index < -0.39 is 0 Å². The summed E-state index contributed by atoms with van der Waals surface area (Å²) in [7, 11) is 0. The van der Waals surface area contributed by atoms with E-state index in [9.17, 15) is 0 Å². The van der Waals surface area contributed by atoms with Crippen LogP contribution in [0.2, 0.25) is 0 Å². The van der Waals surface area contributed by atoms with Crippen LogP contribution in [0.25, 0.3) is 11.4 Å². The monoisotopic (exact) mass is 308 g/mol. The van der Waals surface area contributed by atoms with Crippen molar-refractivity contribution in [1.82, 2.24) is 9.97 Å². The molecule has 1 aromatic carbocycles.